The Morgan fingerprint density at radius 3 is 2.46 bits per heavy atom. The van der Waals surface area contributed by atoms with Crippen LogP contribution < -0.4 is 15.0 Å². The highest BCUT2D eigenvalue weighted by Gasteiger charge is 2.42. The third-order valence-electron chi connectivity index (χ3n) is 6.44. The fourth-order valence-corrected chi connectivity index (χ4v) is 5.20. The van der Waals surface area contributed by atoms with E-state index in [9.17, 15) is 0 Å². The highest BCUT2D eigenvalue weighted by molar-refractivity contribution is 7.80. The SMILES string of the molecule is CCOc1ccc(N2C(=S)NC(c3ccccn3)C2c2cc(C)n(-c3ccc(C)cn3)c2C)cc1. The van der Waals surface area contributed by atoms with Crippen molar-refractivity contribution in [2.24, 2.45) is 0 Å². The van der Waals surface area contributed by atoms with Crippen molar-refractivity contribution in [2.45, 2.75) is 39.8 Å². The van der Waals surface area contributed by atoms with E-state index in [4.69, 9.17) is 17.0 Å². The Balaban J connectivity index is 1.63. The molecule has 1 saturated heterocycles. The molecule has 7 heteroatoms. The van der Waals surface area contributed by atoms with E-state index in [1.807, 2.05) is 43.6 Å². The minimum Gasteiger partial charge on any atom is -0.494 e. The van der Waals surface area contributed by atoms with Gasteiger partial charge in [-0.2, -0.15) is 0 Å². The quantitative estimate of drug-likeness (QED) is 0.352. The van der Waals surface area contributed by atoms with Crippen molar-refractivity contribution in [3.05, 3.63) is 101 Å². The molecule has 2 unspecified atom stereocenters. The molecular formula is C28H29N5OS. The van der Waals surface area contributed by atoms with Crippen molar-refractivity contribution in [3.63, 3.8) is 0 Å². The van der Waals surface area contributed by atoms with E-state index in [2.05, 4.69) is 81.9 Å². The fourth-order valence-electron chi connectivity index (χ4n) is 4.85. The molecule has 4 heterocycles. The second kappa shape index (κ2) is 9.50. The molecule has 0 saturated carbocycles. The molecule has 3 aromatic heterocycles. The van der Waals surface area contributed by atoms with Gasteiger partial charge in [-0.05, 0) is 99.6 Å². The lowest BCUT2D eigenvalue weighted by Gasteiger charge is -2.28. The Morgan fingerprint density at radius 1 is 1.00 bits per heavy atom. The summed E-state index contributed by atoms with van der Waals surface area (Å²) in [6.07, 6.45) is 3.74. The van der Waals surface area contributed by atoms with Crippen molar-refractivity contribution in [1.82, 2.24) is 19.9 Å². The highest BCUT2D eigenvalue weighted by atomic mass is 32.1. The first-order valence-corrected chi connectivity index (χ1v) is 12.2. The predicted molar refractivity (Wildman–Crippen MR) is 143 cm³/mol. The van der Waals surface area contributed by atoms with Crippen LogP contribution in [0.5, 0.6) is 5.75 Å². The topological polar surface area (TPSA) is 55.2 Å². The number of benzene rings is 1. The van der Waals surface area contributed by atoms with E-state index < -0.39 is 0 Å². The Hall–Kier alpha value is -3.71. The third-order valence-corrected chi connectivity index (χ3v) is 6.75. The molecule has 5 rings (SSSR count). The molecule has 178 valence electrons. The molecule has 0 spiro atoms. The minimum absolute atomic E-state index is 0.0826. The van der Waals surface area contributed by atoms with Gasteiger partial charge < -0.3 is 19.5 Å². The minimum atomic E-state index is -0.102. The van der Waals surface area contributed by atoms with Crippen LogP contribution in [0.4, 0.5) is 5.69 Å². The Kier molecular flexibility index (Phi) is 6.26. The lowest BCUT2D eigenvalue weighted by atomic mass is 9.96. The Labute approximate surface area is 211 Å². The van der Waals surface area contributed by atoms with Gasteiger partial charge in [0.2, 0.25) is 0 Å². The van der Waals surface area contributed by atoms with Gasteiger partial charge in [0.25, 0.3) is 0 Å². The van der Waals surface area contributed by atoms with E-state index in [0.717, 1.165) is 39.9 Å². The van der Waals surface area contributed by atoms with Gasteiger partial charge in [-0.25, -0.2) is 4.98 Å². The molecule has 6 nitrogen and oxygen atoms in total. The van der Waals surface area contributed by atoms with Crippen LogP contribution in [0.2, 0.25) is 0 Å². The van der Waals surface area contributed by atoms with Gasteiger partial charge >= 0.3 is 0 Å². The summed E-state index contributed by atoms with van der Waals surface area (Å²) in [6, 6.07) is 20.3. The van der Waals surface area contributed by atoms with Crippen molar-refractivity contribution in [1.29, 1.82) is 0 Å². The van der Waals surface area contributed by atoms with Crippen LogP contribution in [-0.2, 0) is 0 Å². The summed E-state index contributed by atoms with van der Waals surface area (Å²) < 4.78 is 7.87. The molecule has 1 aliphatic rings. The van der Waals surface area contributed by atoms with Gasteiger partial charge in [-0.3, -0.25) is 4.98 Å². The van der Waals surface area contributed by atoms with Crippen LogP contribution in [0.15, 0.2) is 73.1 Å². The van der Waals surface area contributed by atoms with Crippen LogP contribution in [0, 0.1) is 20.8 Å². The maximum Gasteiger partial charge on any atom is 0.174 e. The van der Waals surface area contributed by atoms with E-state index in [1.165, 1.54) is 5.56 Å². The van der Waals surface area contributed by atoms with Gasteiger partial charge in [-0.1, -0.05) is 12.1 Å². The lowest BCUT2D eigenvalue weighted by Crippen LogP contribution is -2.29. The van der Waals surface area contributed by atoms with Gasteiger partial charge in [0.15, 0.2) is 5.11 Å². The second-order valence-corrected chi connectivity index (χ2v) is 9.17. The summed E-state index contributed by atoms with van der Waals surface area (Å²) in [5.74, 6) is 1.75. The van der Waals surface area contributed by atoms with E-state index in [-0.39, 0.29) is 12.1 Å². The van der Waals surface area contributed by atoms with Crippen molar-refractivity contribution in [3.8, 4) is 11.6 Å². The van der Waals surface area contributed by atoms with E-state index >= 15 is 0 Å². The number of aromatic nitrogens is 3. The Morgan fingerprint density at radius 2 is 1.80 bits per heavy atom. The first-order chi connectivity index (χ1) is 17.0. The molecule has 2 atom stereocenters. The molecule has 1 fully saturated rings. The number of hydrogen-bond donors (Lipinski definition) is 1. The highest BCUT2D eigenvalue weighted by Crippen LogP contribution is 2.43. The van der Waals surface area contributed by atoms with Crippen molar-refractivity contribution >= 4 is 23.0 Å². The molecule has 35 heavy (non-hydrogen) atoms. The molecule has 1 aliphatic heterocycles. The largest absolute Gasteiger partial charge is 0.494 e. The smallest absolute Gasteiger partial charge is 0.174 e. The number of nitrogens with one attached hydrogen (secondary N) is 1. The number of ether oxygens (including phenoxy) is 1. The van der Waals surface area contributed by atoms with Crippen LogP contribution in [-0.4, -0.2) is 26.3 Å². The molecule has 0 amide bonds. The van der Waals surface area contributed by atoms with Gasteiger partial charge in [0.1, 0.15) is 11.6 Å². The summed E-state index contributed by atoms with van der Waals surface area (Å²) in [6.45, 7) is 8.94. The van der Waals surface area contributed by atoms with Crippen LogP contribution in [0.25, 0.3) is 5.82 Å². The maximum absolute atomic E-state index is 5.89. The number of rotatable bonds is 6. The monoisotopic (exact) mass is 483 g/mol. The van der Waals surface area contributed by atoms with Gasteiger partial charge in [0, 0.05) is 29.5 Å². The fraction of sp³-hybridized carbons (Fsp3) is 0.250. The van der Waals surface area contributed by atoms with Crippen LogP contribution in [0.3, 0.4) is 0 Å². The second-order valence-electron chi connectivity index (χ2n) is 8.78. The number of anilines is 1. The van der Waals surface area contributed by atoms with Crippen LogP contribution >= 0.6 is 12.2 Å². The molecular weight excluding hydrogens is 454 g/mol. The number of thiocarbonyl (C=S) groups is 1. The van der Waals surface area contributed by atoms with Crippen molar-refractivity contribution < 1.29 is 4.74 Å². The van der Waals surface area contributed by atoms with Crippen LogP contribution in [0.1, 0.15) is 47.2 Å². The summed E-state index contributed by atoms with van der Waals surface area (Å²) in [5, 5.41) is 4.22. The lowest BCUT2D eigenvalue weighted by molar-refractivity contribution is 0.340. The molecule has 1 N–H and O–H groups in total. The summed E-state index contributed by atoms with van der Waals surface area (Å²) in [4.78, 5) is 11.6. The average molecular weight is 484 g/mol. The number of aryl methyl sites for hydroxylation is 2. The van der Waals surface area contributed by atoms with Gasteiger partial charge in [0.05, 0.1) is 24.4 Å². The third kappa shape index (κ3) is 4.28. The molecule has 4 aromatic rings. The first kappa shape index (κ1) is 23.1. The molecule has 0 aliphatic carbocycles. The van der Waals surface area contributed by atoms with E-state index in [0.29, 0.717) is 11.7 Å². The summed E-state index contributed by atoms with van der Waals surface area (Å²) in [5.41, 5.74) is 6.53. The zero-order valence-electron chi connectivity index (χ0n) is 20.4. The summed E-state index contributed by atoms with van der Waals surface area (Å²) >= 11 is 5.89. The number of hydrogen-bond acceptors (Lipinski definition) is 4. The normalized spacial score (nSPS) is 17.5. The van der Waals surface area contributed by atoms with Crippen molar-refractivity contribution in [2.75, 3.05) is 11.5 Å². The number of pyridine rings is 2. The first-order valence-electron chi connectivity index (χ1n) is 11.8. The standard InChI is InChI=1S/C28H29N5OS/c1-5-34-22-12-10-21(11-13-22)33-27(26(31-28(33)35)24-8-6-7-15-29-24)23-16-19(3)32(20(23)4)25-14-9-18(2)17-30-25/h6-17,26-27H,5H2,1-4H3,(H,31,35). The van der Waals surface area contributed by atoms with Gasteiger partial charge in [-0.15, -0.1) is 0 Å². The Bertz CT molecular complexity index is 1330. The predicted octanol–water partition coefficient (Wildman–Crippen LogP) is 5.77. The maximum atomic E-state index is 5.89. The summed E-state index contributed by atoms with van der Waals surface area (Å²) in [7, 11) is 0. The van der Waals surface area contributed by atoms with E-state index in [1.54, 1.807) is 0 Å². The molecule has 1 aromatic carbocycles. The molecule has 0 bridgehead atoms. The zero-order chi connectivity index (χ0) is 24.5. The zero-order valence-corrected chi connectivity index (χ0v) is 21.2. The number of nitrogens with zero attached hydrogens (tertiary/aromatic N) is 4. The average Bonchev–Trinajstić information content (AvgIpc) is 3.36. The molecule has 0 radical (unpaired) electrons.